The lowest BCUT2D eigenvalue weighted by Crippen LogP contribution is -2.02. The van der Waals surface area contributed by atoms with Gasteiger partial charge in [-0.3, -0.25) is 5.01 Å². The first-order valence-electron chi connectivity index (χ1n) is 3.04. The van der Waals surface area contributed by atoms with Crippen molar-refractivity contribution in [2.45, 2.75) is 20.8 Å². The Kier molecular flexibility index (Phi) is 3.76. The summed E-state index contributed by atoms with van der Waals surface area (Å²) < 4.78 is 0. The molecule has 0 heterocycles. The monoisotopic (exact) mass is 126 g/mol. The van der Waals surface area contributed by atoms with Gasteiger partial charge in [0, 0.05) is 19.0 Å². The minimum atomic E-state index is 1.07. The van der Waals surface area contributed by atoms with Crippen molar-refractivity contribution in [1.82, 2.24) is 5.01 Å². The van der Waals surface area contributed by atoms with Crippen molar-refractivity contribution in [2.75, 3.05) is 7.05 Å². The molecule has 0 aromatic heterocycles. The van der Waals surface area contributed by atoms with Crippen LogP contribution in [0.15, 0.2) is 17.4 Å². The summed E-state index contributed by atoms with van der Waals surface area (Å²) in [4.78, 5) is 0. The molecule has 0 saturated carbocycles. The van der Waals surface area contributed by atoms with Crippen LogP contribution < -0.4 is 0 Å². The fourth-order valence-corrected chi connectivity index (χ4v) is 0.565. The van der Waals surface area contributed by atoms with Crippen LogP contribution in [0.3, 0.4) is 0 Å². The summed E-state index contributed by atoms with van der Waals surface area (Å²) in [6.07, 6.45) is 3.86. The van der Waals surface area contributed by atoms with Gasteiger partial charge in [0.05, 0.1) is 0 Å². The highest BCUT2D eigenvalue weighted by molar-refractivity contribution is 5.78. The molecule has 0 fully saturated rings. The maximum absolute atomic E-state index is 4.13. The number of nitrogens with zero attached hydrogens (tertiary/aromatic N) is 2. The summed E-state index contributed by atoms with van der Waals surface area (Å²) in [7, 11) is 1.91. The minimum Gasteiger partial charge on any atom is -0.276 e. The van der Waals surface area contributed by atoms with Gasteiger partial charge in [-0.2, -0.15) is 5.10 Å². The molecule has 0 bridgehead atoms. The third-order valence-corrected chi connectivity index (χ3v) is 0.723. The van der Waals surface area contributed by atoms with E-state index in [9.17, 15) is 0 Å². The van der Waals surface area contributed by atoms with E-state index in [1.165, 1.54) is 0 Å². The lowest BCUT2D eigenvalue weighted by Gasteiger charge is -2.05. The van der Waals surface area contributed by atoms with E-state index in [1.54, 1.807) is 5.01 Å². The highest BCUT2D eigenvalue weighted by Gasteiger charge is 1.81. The third-order valence-electron chi connectivity index (χ3n) is 0.723. The second kappa shape index (κ2) is 4.13. The van der Waals surface area contributed by atoms with Crippen LogP contribution in [0.5, 0.6) is 0 Å². The van der Waals surface area contributed by atoms with E-state index in [4.69, 9.17) is 0 Å². The Morgan fingerprint density at radius 2 is 2.00 bits per heavy atom. The van der Waals surface area contributed by atoms with E-state index < -0.39 is 0 Å². The second-order valence-corrected chi connectivity index (χ2v) is 2.10. The van der Waals surface area contributed by atoms with Crippen molar-refractivity contribution in [3.63, 3.8) is 0 Å². The van der Waals surface area contributed by atoms with Gasteiger partial charge in [0.25, 0.3) is 0 Å². The van der Waals surface area contributed by atoms with Gasteiger partial charge in [-0.15, -0.1) is 0 Å². The summed E-state index contributed by atoms with van der Waals surface area (Å²) in [5, 5.41) is 5.92. The lowest BCUT2D eigenvalue weighted by atomic mass is 10.5. The van der Waals surface area contributed by atoms with E-state index >= 15 is 0 Å². The van der Waals surface area contributed by atoms with Crippen molar-refractivity contribution in [2.24, 2.45) is 5.10 Å². The van der Waals surface area contributed by atoms with Crippen molar-refractivity contribution >= 4 is 5.71 Å². The molecule has 9 heavy (non-hydrogen) atoms. The van der Waals surface area contributed by atoms with E-state index in [-0.39, 0.29) is 0 Å². The molecule has 0 aliphatic carbocycles. The summed E-state index contributed by atoms with van der Waals surface area (Å²) in [6.45, 7) is 5.91. The molecule has 0 amide bonds. The van der Waals surface area contributed by atoms with Gasteiger partial charge in [0.15, 0.2) is 0 Å². The van der Waals surface area contributed by atoms with Crippen molar-refractivity contribution in [3.05, 3.63) is 12.3 Å². The molecule has 52 valence electrons. The molecule has 0 aromatic carbocycles. The summed E-state index contributed by atoms with van der Waals surface area (Å²) >= 11 is 0. The Morgan fingerprint density at radius 3 is 2.33 bits per heavy atom. The van der Waals surface area contributed by atoms with Crippen LogP contribution in [-0.4, -0.2) is 17.8 Å². The standard InChI is InChI=1S/C7H14N2/c1-5-6-9(4)8-7(2)3/h5-6H,1-4H3. The maximum Gasteiger partial charge on any atom is 0.0322 e. The molecular formula is C7H14N2. The summed E-state index contributed by atoms with van der Waals surface area (Å²) in [5.41, 5.74) is 1.07. The van der Waals surface area contributed by atoms with Crippen LogP contribution in [0.4, 0.5) is 0 Å². The predicted octanol–water partition coefficient (Wildman–Crippen LogP) is 1.85. The Hall–Kier alpha value is -0.790. The van der Waals surface area contributed by atoms with Crippen LogP contribution in [0.2, 0.25) is 0 Å². The third kappa shape index (κ3) is 5.07. The number of hydrogen-bond acceptors (Lipinski definition) is 2. The maximum atomic E-state index is 4.13. The molecule has 0 aliphatic rings. The topological polar surface area (TPSA) is 15.6 Å². The fourth-order valence-electron chi connectivity index (χ4n) is 0.565. The van der Waals surface area contributed by atoms with Gasteiger partial charge >= 0.3 is 0 Å². The van der Waals surface area contributed by atoms with Gasteiger partial charge in [0.2, 0.25) is 0 Å². The zero-order valence-corrected chi connectivity index (χ0v) is 6.55. The van der Waals surface area contributed by atoms with Gasteiger partial charge < -0.3 is 0 Å². The van der Waals surface area contributed by atoms with Gasteiger partial charge in [-0.1, -0.05) is 6.08 Å². The largest absolute Gasteiger partial charge is 0.276 e. The second-order valence-electron chi connectivity index (χ2n) is 2.10. The average molecular weight is 126 g/mol. The highest BCUT2D eigenvalue weighted by atomic mass is 15.4. The number of hydrogen-bond donors (Lipinski definition) is 0. The van der Waals surface area contributed by atoms with E-state index in [0.717, 1.165) is 5.71 Å². The van der Waals surface area contributed by atoms with Crippen molar-refractivity contribution in [1.29, 1.82) is 0 Å². The molecule has 0 radical (unpaired) electrons. The summed E-state index contributed by atoms with van der Waals surface area (Å²) in [5.74, 6) is 0. The molecule has 0 rings (SSSR count). The van der Waals surface area contributed by atoms with E-state index in [1.807, 2.05) is 40.1 Å². The lowest BCUT2D eigenvalue weighted by molar-refractivity contribution is 0.489. The molecule has 0 aromatic rings. The van der Waals surface area contributed by atoms with E-state index in [0.29, 0.717) is 0 Å². The molecule has 0 saturated heterocycles. The summed E-state index contributed by atoms with van der Waals surface area (Å²) in [6, 6.07) is 0. The molecule has 0 spiro atoms. The van der Waals surface area contributed by atoms with Gasteiger partial charge in [0.1, 0.15) is 0 Å². The highest BCUT2D eigenvalue weighted by Crippen LogP contribution is 1.85. The van der Waals surface area contributed by atoms with Crippen LogP contribution in [-0.2, 0) is 0 Å². The van der Waals surface area contributed by atoms with Gasteiger partial charge in [-0.05, 0) is 20.8 Å². The van der Waals surface area contributed by atoms with Crippen LogP contribution >= 0.6 is 0 Å². The fraction of sp³-hybridized carbons (Fsp3) is 0.571. The molecular weight excluding hydrogens is 112 g/mol. The zero-order chi connectivity index (χ0) is 7.28. The first-order chi connectivity index (χ1) is 4.16. The van der Waals surface area contributed by atoms with Gasteiger partial charge in [-0.25, -0.2) is 0 Å². The normalized spacial score (nSPS) is 9.78. The van der Waals surface area contributed by atoms with Crippen LogP contribution in [0, 0.1) is 0 Å². The molecule has 0 aliphatic heterocycles. The average Bonchev–Trinajstić information content (AvgIpc) is 1.63. The quantitative estimate of drug-likeness (QED) is 0.407. The Labute approximate surface area is 56.9 Å². The van der Waals surface area contributed by atoms with Crippen LogP contribution in [0.1, 0.15) is 20.8 Å². The first-order valence-corrected chi connectivity index (χ1v) is 3.04. The Bertz CT molecular complexity index is 121. The van der Waals surface area contributed by atoms with Crippen LogP contribution in [0.25, 0.3) is 0 Å². The van der Waals surface area contributed by atoms with E-state index in [2.05, 4.69) is 5.10 Å². The molecule has 0 N–H and O–H groups in total. The Balaban J connectivity index is 3.76. The smallest absolute Gasteiger partial charge is 0.0322 e. The number of allylic oxidation sites excluding steroid dienone is 1. The number of hydrazone groups is 1. The number of rotatable bonds is 2. The molecule has 0 atom stereocenters. The van der Waals surface area contributed by atoms with Crippen molar-refractivity contribution < 1.29 is 0 Å². The predicted molar refractivity (Wildman–Crippen MR) is 41.4 cm³/mol. The zero-order valence-electron chi connectivity index (χ0n) is 6.55. The Morgan fingerprint density at radius 1 is 1.44 bits per heavy atom. The molecule has 2 nitrogen and oxygen atoms in total. The molecule has 0 unspecified atom stereocenters. The first kappa shape index (κ1) is 8.21. The minimum absolute atomic E-state index is 1.07. The molecule has 2 heteroatoms. The van der Waals surface area contributed by atoms with Crippen molar-refractivity contribution in [3.8, 4) is 0 Å². The SMILES string of the molecule is CC=CN(C)N=C(C)C.